The molecule has 2 nitrogen and oxygen atoms in total. The molecular weight excluding hydrogens is 244 g/mol. The lowest BCUT2D eigenvalue weighted by atomic mass is 9.82. The third-order valence-corrected chi connectivity index (χ3v) is 4.27. The maximum Gasteiger partial charge on any atom is 0.0897 e. The Balaban J connectivity index is 1.87. The van der Waals surface area contributed by atoms with Crippen LogP contribution in [0.1, 0.15) is 23.2 Å². The van der Waals surface area contributed by atoms with Crippen LogP contribution in [0.15, 0.2) is 60.7 Å². The summed E-state index contributed by atoms with van der Waals surface area (Å²) >= 11 is 0. The van der Waals surface area contributed by atoms with E-state index in [1.54, 1.807) is 0 Å². The Labute approximate surface area is 116 Å². The lowest BCUT2D eigenvalue weighted by Crippen LogP contribution is -2.16. The number of fused-ring (bicyclic) bond motifs is 2. The van der Waals surface area contributed by atoms with Crippen LogP contribution in [0.2, 0.25) is 0 Å². The maximum absolute atomic E-state index is 4.88. The van der Waals surface area contributed by atoms with Gasteiger partial charge in [0.05, 0.1) is 22.4 Å². The summed E-state index contributed by atoms with van der Waals surface area (Å²) in [4.78, 5) is 9.77. The van der Waals surface area contributed by atoms with Gasteiger partial charge in [0, 0.05) is 11.8 Å². The summed E-state index contributed by atoms with van der Waals surface area (Å²) < 4.78 is 0. The molecule has 0 amide bonds. The highest BCUT2D eigenvalue weighted by Gasteiger charge is 2.27. The van der Waals surface area contributed by atoms with Crippen LogP contribution >= 0.6 is 0 Å². The first-order valence-corrected chi connectivity index (χ1v) is 6.95. The second-order valence-electron chi connectivity index (χ2n) is 5.50. The maximum atomic E-state index is 4.88. The summed E-state index contributed by atoms with van der Waals surface area (Å²) in [5.41, 5.74) is 4.25. The van der Waals surface area contributed by atoms with Crippen molar-refractivity contribution in [1.29, 1.82) is 0 Å². The van der Waals surface area contributed by atoms with Crippen molar-refractivity contribution in [1.82, 2.24) is 9.97 Å². The molecule has 2 bridgehead atoms. The zero-order chi connectivity index (χ0) is 13.1. The van der Waals surface area contributed by atoms with Gasteiger partial charge in [-0.05, 0) is 22.9 Å². The van der Waals surface area contributed by atoms with Crippen LogP contribution in [0.3, 0.4) is 0 Å². The van der Waals surface area contributed by atoms with E-state index in [0.717, 1.165) is 22.4 Å². The number of aromatic nitrogens is 2. The predicted molar refractivity (Wildman–Crippen MR) is 80.8 cm³/mol. The third-order valence-electron chi connectivity index (χ3n) is 4.27. The molecule has 0 atom stereocenters. The Kier molecular flexibility index (Phi) is 1.83. The Morgan fingerprint density at radius 3 is 1.55 bits per heavy atom. The lowest BCUT2D eigenvalue weighted by Gasteiger charge is -2.26. The SMILES string of the molecule is C1=CC2C=CC1c1nc3cc4ccccc4cc3nc12. The molecule has 1 aromatic heterocycles. The quantitative estimate of drug-likeness (QED) is 0.447. The Hall–Kier alpha value is -2.48. The number of allylic oxidation sites excluding steroid dienone is 4. The Morgan fingerprint density at radius 2 is 1.10 bits per heavy atom. The predicted octanol–water partition coefficient (Wildman–Crippen LogP) is 4.09. The van der Waals surface area contributed by atoms with Crippen molar-refractivity contribution in [3.8, 4) is 0 Å². The van der Waals surface area contributed by atoms with Crippen LogP contribution < -0.4 is 0 Å². The molecule has 0 saturated carbocycles. The molecule has 0 unspecified atom stereocenters. The normalized spacial score (nSPS) is 22.6. The molecule has 0 spiro atoms. The van der Waals surface area contributed by atoms with Gasteiger partial charge in [-0.15, -0.1) is 0 Å². The molecule has 0 fully saturated rings. The van der Waals surface area contributed by atoms with Crippen LogP contribution in [-0.4, -0.2) is 9.97 Å². The molecule has 0 radical (unpaired) electrons. The van der Waals surface area contributed by atoms with Crippen molar-refractivity contribution in [2.75, 3.05) is 0 Å². The Bertz CT molecular complexity index is 833. The van der Waals surface area contributed by atoms with E-state index in [0.29, 0.717) is 11.8 Å². The minimum Gasteiger partial charge on any atom is -0.248 e. The first-order valence-electron chi connectivity index (χ1n) is 6.95. The summed E-state index contributed by atoms with van der Waals surface area (Å²) in [6, 6.07) is 12.7. The van der Waals surface area contributed by atoms with E-state index in [-0.39, 0.29) is 0 Å². The fraction of sp³-hybridized carbons (Fsp3) is 0.111. The van der Waals surface area contributed by atoms with E-state index in [9.17, 15) is 0 Å². The van der Waals surface area contributed by atoms with Crippen molar-refractivity contribution < 1.29 is 0 Å². The highest BCUT2D eigenvalue weighted by Crippen LogP contribution is 2.39. The number of hydrogen-bond donors (Lipinski definition) is 0. The fourth-order valence-corrected chi connectivity index (χ4v) is 3.23. The van der Waals surface area contributed by atoms with Crippen LogP contribution in [0.25, 0.3) is 21.8 Å². The lowest BCUT2D eigenvalue weighted by molar-refractivity contribution is 0.808. The summed E-state index contributed by atoms with van der Waals surface area (Å²) in [6.45, 7) is 0. The molecule has 1 heterocycles. The zero-order valence-electron chi connectivity index (χ0n) is 10.8. The highest BCUT2D eigenvalue weighted by molar-refractivity contribution is 5.95. The smallest absolute Gasteiger partial charge is 0.0897 e. The molecule has 3 aliphatic carbocycles. The van der Waals surface area contributed by atoms with Gasteiger partial charge in [-0.25, -0.2) is 9.97 Å². The molecular formula is C18H12N2. The van der Waals surface area contributed by atoms with Crippen LogP contribution in [0.5, 0.6) is 0 Å². The van der Waals surface area contributed by atoms with Gasteiger partial charge < -0.3 is 0 Å². The molecule has 0 aliphatic heterocycles. The minimum absolute atomic E-state index is 0.304. The van der Waals surface area contributed by atoms with Gasteiger partial charge >= 0.3 is 0 Å². The van der Waals surface area contributed by atoms with E-state index in [1.807, 2.05) is 0 Å². The second-order valence-corrected chi connectivity index (χ2v) is 5.50. The first-order chi connectivity index (χ1) is 9.88. The zero-order valence-corrected chi connectivity index (χ0v) is 10.8. The van der Waals surface area contributed by atoms with Gasteiger partial charge in [-0.3, -0.25) is 0 Å². The highest BCUT2D eigenvalue weighted by atomic mass is 14.8. The van der Waals surface area contributed by atoms with Crippen molar-refractivity contribution in [3.63, 3.8) is 0 Å². The molecule has 94 valence electrons. The first kappa shape index (κ1) is 10.3. The molecule has 6 rings (SSSR count). The second kappa shape index (κ2) is 3.54. The van der Waals surface area contributed by atoms with Gasteiger partial charge in [0.1, 0.15) is 0 Å². The molecule has 3 aromatic rings. The molecule has 20 heavy (non-hydrogen) atoms. The van der Waals surface area contributed by atoms with Gasteiger partial charge in [0.25, 0.3) is 0 Å². The Morgan fingerprint density at radius 1 is 0.650 bits per heavy atom. The molecule has 0 saturated heterocycles. The summed E-state index contributed by atoms with van der Waals surface area (Å²) in [5, 5.41) is 2.45. The standard InChI is InChI=1S/C18H12N2/c1-2-4-14-10-16-15(9-13(14)3-1)19-17-11-5-7-12(8-6-11)18(17)20-16/h1-12H. The average Bonchev–Trinajstić information content (AvgIpc) is 2.52. The third kappa shape index (κ3) is 1.28. The van der Waals surface area contributed by atoms with Crippen molar-refractivity contribution in [3.05, 3.63) is 72.1 Å². The van der Waals surface area contributed by atoms with E-state index in [2.05, 4.69) is 60.7 Å². The van der Waals surface area contributed by atoms with E-state index in [1.165, 1.54) is 10.8 Å². The molecule has 2 heteroatoms. The van der Waals surface area contributed by atoms with Gasteiger partial charge in [-0.1, -0.05) is 48.6 Å². The van der Waals surface area contributed by atoms with Crippen molar-refractivity contribution in [2.45, 2.75) is 11.8 Å². The topological polar surface area (TPSA) is 25.8 Å². The fourth-order valence-electron chi connectivity index (χ4n) is 3.23. The summed E-state index contributed by atoms with van der Waals surface area (Å²) in [7, 11) is 0. The van der Waals surface area contributed by atoms with Gasteiger partial charge in [0.2, 0.25) is 0 Å². The summed E-state index contributed by atoms with van der Waals surface area (Å²) in [6.07, 6.45) is 8.92. The number of benzene rings is 2. The van der Waals surface area contributed by atoms with Gasteiger partial charge in [0.15, 0.2) is 0 Å². The van der Waals surface area contributed by atoms with Crippen molar-refractivity contribution >= 4 is 21.8 Å². The monoisotopic (exact) mass is 256 g/mol. The van der Waals surface area contributed by atoms with Crippen molar-refractivity contribution in [2.24, 2.45) is 0 Å². The minimum atomic E-state index is 0.304. The van der Waals surface area contributed by atoms with Crippen LogP contribution in [0, 0.1) is 0 Å². The summed E-state index contributed by atoms with van der Waals surface area (Å²) in [5.74, 6) is 0.608. The van der Waals surface area contributed by atoms with E-state index < -0.39 is 0 Å². The number of rotatable bonds is 0. The average molecular weight is 256 g/mol. The van der Waals surface area contributed by atoms with Gasteiger partial charge in [-0.2, -0.15) is 0 Å². The van der Waals surface area contributed by atoms with Crippen LogP contribution in [0.4, 0.5) is 0 Å². The number of nitrogens with zero attached hydrogens (tertiary/aromatic N) is 2. The molecule has 2 aromatic carbocycles. The number of hydrogen-bond acceptors (Lipinski definition) is 2. The van der Waals surface area contributed by atoms with Crippen LogP contribution in [-0.2, 0) is 0 Å². The van der Waals surface area contributed by atoms with E-state index in [4.69, 9.17) is 9.97 Å². The molecule has 3 aliphatic rings. The largest absolute Gasteiger partial charge is 0.248 e. The molecule has 0 N–H and O–H groups in total. The van der Waals surface area contributed by atoms with E-state index >= 15 is 0 Å².